The lowest BCUT2D eigenvalue weighted by Gasteiger charge is -2.17. The van der Waals surface area contributed by atoms with Gasteiger partial charge in [-0.3, -0.25) is 0 Å². The Hall–Kier alpha value is 0.570. The van der Waals surface area contributed by atoms with Crippen LogP contribution in [0.25, 0.3) is 0 Å². The van der Waals surface area contributed by atoms with E-state index >= 15 is 0 Å². The Labute approximate surface area is 85.0 Å². The summed E-state index contributed by atoms with van der Waals surface area (Å²) >= 11 is 2.02. The smallest absolute Gasteiger partial charge is 0.137 e. The summed E-state index contributed by atoms with van der Waals surface area (Å²) in [5, 5.41) is 18.2. The van der Waals surface area contributed by atoms with Gasteiger partial charge in [-0.05, 0) is 29.0 Å². The number of rotatable bonds is 3. The third kappa shape index (κ3) is 2.08. The van der Waals surface area contributed by atoms with Crippen molar-refractivity contribution in [3.05, 3.63) is 0 Å². The third-order valence-electron chi connectivity index (χ3n) is 1.96. The van der Waals surface area contributed by atoms with Crippen LogP contribution in [0.15, 0.2) is 0 Å². The molecule has 1 heterocycles. The normalized spacial score (nSPS) is 42.0. The number of methoxy groups -OCH3 is 1. The molecular weight excluding hydrogens is 275 g/mol. The highest BCUT2D eigenvalue weighted by Crippen LogP contribution is 2.29. The van der Waals surface area contributed by atoms with Gasteiger partial charge in [-0.15, -0.1) is 0 Å². The minimum atomic E-state index is -0.591. The average molecular weight is 288 g/mol. The molecule has 0 aromatic carbocycles. The van der Waals surface area contributed by atoms with Crippen LogP contribution in [0.1, 0.15) is 6.42 Å². The van der Waals surface area contributed by atoms with Crippen molar-refractivity contribution < 1.29 is 19.7 Å². The molecule has 1 unspecified atom stereocenters. The molecule has 1 fully saturated rings. The predicted molar refractivity (Wildman–Crippen MR) is 51.2 cm³/mol. The van der Waals surface area contributed by atoms with Crippen molar-refractivity contribution in [3.8, 4) is 0 Å². The maximum Gasteiger partial charge on any atom is 0.137 e. The van der Waals surface area contributed by atoms with Crippen LogP contribution >= 0.6 is 22.6 Å². The lowest BCUT2D eigenvalue weighted by atomic mass is 10.1. The first kappa shape index (κ1) is 10.6. The summed E-state index contributed by atoms with van der Waals surface area (Å²) in [6, 6.07) is 0. The van der Waals surface area contributed by atoms with Crippen LogP contribution in [0.2, 0.25) is 0 Å². The largest absolute Gasteiger partial charge is 0.396 e. The zero-order valence-electron chi connectivity index (χ0n) is 6.81. The van der Waals surface area contributed by atoms with Crippen molar-refractivity contribution in [2.45, 2.75) is 28.8 Å². The van der Waals surface area contributed by atoms with E-state index in [-0.39, 0.29) is 22.9 Å². The fraction of sp³-hybridized carbons (Fsp3) is 1.00. The number of halogens is 1. The van der Waals surface area contributed by atoms with Crippen molar-refractivity contribution in [2.75, 3.05) is 13.7 Å². The van der Waals surface area contributed by atoms with Crippen LogP contribution in [-0.4, -0.2) is 46.4 Å². The number of aliphatic hydroxyl groups is 2. The molecular formula is C7H13IO4. The zero-order valence-corrected chi connectivity index (χ0v) is 8.97. The standard InChI is InChI=1S/C7H13IO4/c1-11-6-4(2-3-9)12-7(8)5(6)10/h4-7,9-10H,2-3H2,1H3/t4-,5-,6?,7+/m0/s1. The summed E-state index contributed by atoms with van der Waals surface area (Å²) in [6.07, 6.45) is -0.571. The lowest BCUT2D eigenvalue weighted by molar-refractivity contribution is -0.0181. The number of aliphatic hydroxyl groups excluding tert-OH is 2. The first-order valence-corrected chi connectivity index (χ1v) is 5.06. The monoisotopic (exact) mass is 288 g/mol. The summed E-state index contributed by atoms with van der Waals surface area (Å²) in [5.74, 6) is 0. The number of hydrogen-bond donors (Lipinski definition) is 2. The second-order valence-electron chi connectivity index (χ2n) is 2.73. The first-order chi connectivity index (χ1) is 5.70. The quantitative estimate of drug-likeness (QED) is 0.562. The summed E-state index contributed by atoms with van der Waals surface area (Å²) < 4.78 is 10.2. The fourth-order valence-electron chi connectivity index (χ4n) is 1.34. The molecule has 0 aromatic rings. The van der Waals surface area contributed by atoms with Crippen molar-refractivity contribution in [3.63, 3.8) is 0 Å². The van der Waals surface area contributed by atoms with Gasteiger partial charge in [0.05, 0.1) is 6.10 Å². The van der Waals surface area contributed by atoms with Crippen LogP contribution < -0.4 is 0 Å². The van der Waals surface area contributed by atoms with E-state index in [1.54, 1.807) is 0 Å². The van der Waals surface area contributed by atoms with E-state index in [1.807, 2.05) is 22.6 Å². The fourth-order valence-corrected chi connectivity index (χ4v) is 2.13. The Bertz CT molecular complexity index is 143. The topological polar surface area (TPSA) is 58.9 Å². The lowest BCUT2D eigenvalue weighted by Crippen LogP contribution is -2.33. The molecule has 1 aliphatic rings. The molecule has 12 heavy (non-hydrogen) atoms. The molecule has 0 bridgehead atoms. The summed E-state index contributed by atoms with van der Waals surface area (Å²) in [5.41, 5.74) is 0. The van der Waals surface area contributed by atoms with Gasteiger partial charge in [-0.25, -0.2) is 0 Å². The van der Waals surface area contributed by atoms with Crippen LogP contribution in [0.5, 0.6) is 0 Å². The van der Waals surface area contributed by atoms with E-state index < -0.39 is 6.10 Å². The minimum Gasteiger partial charge on any atom is -0.396 e. The van der Waals surface area contributed by atoms with Gasteiger partial charge < -0.3 is 19.7 Å². The van der Waals surface area contributed by atoms with Gasteiger partial charge in [0.2, 0.25) is 0 Å². The van der Waals surface area contributed by atoms with Gasteiger partial charge >= 0.3 is 0 Å². The van der Waals surface area contributed by atoms with E-state index in [0.29, 0.717) is 6.42 Å². The van der Waals surface area contributed by atoms with Crippen LogP contribution in [0, 0.1) is 0 Å². The molecule has 0 saturated carbocycles. The Kier molecular flexibility index (Phi) is 4.18. The Morgan fingerprint density at radius 2 is 2.25 bits per heavy atom. The highest BCUT2D eigenvalue weighted by atomic mass is 127. The molecule has 4 nitrogen and oxygen atoms in total. The molecule has 0 aromatic heterocycles. The van der Waals surface area contributed by atoms with Gasteiger partial charge in [0.1, 0.15) is 16.3 Å². The van der Waals surface area contributed by atoms with Crippen molar-refractivity contribution in [1.82, 2.24) is 0 Å². The molecule has 0 radical (unpaired) electrons. The number of ether oxygens (including phenoxy) is 2. The third-order valence-corrected chi connectivity index (χ3v) is 2.99. The Morgan fingerprint density at radius 3 is 2.75 bits per heavy atom. The molecule has 1 aliphatic heterocycles. The predicted octanol–water partition coefficient (Wildman–Crippen LogP) is -0.0954. The van der Waals surface area contributed by atoms with Gasteiger partial charge in [0, 0.05) is 13.7 Å². The molecule has 0 amide bonds. The number of hydrogen-bond acceptors (Lipinski definition) is 4. The summed E-state index contributed by atoms with van der Waals surface area (Å²) in [4.78, 5) is 0. The van der Waals surface area contributed by atoms with Crippen LogP contribution in [0.3, 0.4) is 0 Å². The van der Waals surface area contributed by atoms with Crippen LogP contribution in [-0.2, 0) is 9.47 Å². The van der Waals surface area contributed by atoms with E-state index in [1.165, 1.54) is 7.11 Å². The molecule has 1 saturated heterocycles. The number of alkyl halides is 1. The van der Waals surface area contributed by atoms with Gasteiger partial charge in [-0.1, -0.05) is 0 Å². The van der Waals surface area contributed by atoms with Crippen LogP contribution in [0.4, 0.5) is 0 Å². The second kappa shape index (κ2) is 4.71. The van der Waals surface area contributed by atoms with E-state index in [0.717, 1.165) is 0 Å². The van der Waals surface area contributed by atoms with E-state index in [9.17, 15) is 5.11 Å². The summed E-state index contributed by atoms with van der Waals surface area (Å²) in [6.45, 7) is 0.0562. The first-order valence-electron chi connectivity index (χ1n) is 3.82. The van der Waals surface area contributed by atoms with Crippen molar-refractivity contribution >= 4 is 22.6 Å². The maximum atomic E-state index is 9.52. The molecule has 1 rings (SSSR count). The SMILES string of the molecule is COC1[C@H](CCO)O[C@@H](I)[C@H]1O. The zero-order chi connectivity index (χ0) is 9.14. The second-order valence-corrected chi connectivity index (χ2v) is 3.96. The Morgan fingerprint density at radius 1 is 1.58 bits per heavy atom. The molecule has 4 atom stereocenters. The highest BCUT2D eigenvalue weighted by molar-refractivity contribution is 14.1. The summed E-state index contributed by atoms with van der Waals surface area (Å²) in [7, 11) is 1.54. The van der Waals surface area contributed by atoms with Crippen molar-refractivity contribution in [1.29, 1.82) is 0 Å². The van der Waals surface area contributed by atoms with Gasteiger partial charge in [0.25, 0.3) is 0 Å². The maximum absolute atomic E-state index is 9.52. The van der Waals surface area contributed by atoms with E-state index in [4.69, 9.17) is 14.6 Å². The molecule has 0 spiro atoms. The highest BCUT2D eigenvalue weighted by Gasteiger charge is 2.42. The van der Waals surface area contributed by atoms with Gasteiger partial charge in [-0.2, -0.15) is 0 Å². The van der Waals surface area contributed by atoms with E-state index in [2.05, 4.69) is 0 Å². The molecule has 5 heteroatoms. The van der Waals surface area contributed by atoms with Gasteiger partial charge in [0.15, 0.2) is 0 Å². The molecule has 72 valence electrons. The molecule has 0 aliphatic carbocycles. The average Bonchev–Trinajstić information content (AvgIpc) is 2.29. The molecule has 2 N–H and O–H groups in total. The Balaban J connectivity index is 2.52. The minimum absolute atomic E-state index is 0.0562. The van der Waals surface area contributed by atoms with Crippen molar-refractivity contribution in [2.24, 2.45) is 0 Å².